The Morgan fingerprint density at radius 2 is 2.00 bits per heavy atom. The van der Waals surface area contributed by atoms with Gasteiger partial charge in [-0.2, -0.15) is 0 Å². The topological polar surface area (TPSA) is 28.2 Å². The van der Waals surface area contributed by atoms with E-state index in [4.69, 9.17) is 11.6 Å². The maximum absolute atomic E-state index is 5.80. The molecule has 1 aromatic carbocycles. The van der Waals surface area contributed by atoms with Crippen molar-refractivity contribution in [3.63, 3.8) is 0 Å². The minimum absolute atomic E-state index is 0.593. The van der Waals surface area contributed by atoms with Crippen molar-refractivity contribution in [2.75, 3.05) is 26.0 Å². The molecule has 2 aromatic rings. The molecule has 0 fully saturated rings. The lowest BCUT2D eigenvalue weighted by Gasteiger charge is -2.10. The van der Waals surface area contributed by atoms with Crippen molar-refractivity contribution in [3.8, 4) is 0 Å². The molecule has 5 heteroatoms. The second-order valence-corrected chi connectivity index (χ2v) is 6.38. The van der Waals surface area contributed by atoms with Gasteiger partial charge in [0.05, 0.1) is 6.54 Å². The highest BCUT2D eigenvalue weighted by Crippen LogP contribution is 2.19. The molecule has 0 atom stereocenters. The monoisotopic (exact) mass is 295 g/mol. The number of aromatic nitrogens is 1. The molecule has 0 amide bonds. The number of benzene rings is 1. The quantitative estimate of drug-likeness (QED) is 0.884. The third-order valence-corrected chi connectivity index (χ3v) is 3.91. The van der Waals surface area contributed by atoms with Crippen molar-refractivity contribution in [3.05, 3.63) is 45.4 Å². The molecule has 102 valence electrons. The van der Waals surface area contributed by atoms with E-state index in [1.807, 2.05) is 6.20 Å². The molecule has 3 nitrogen and oxygen atoms in total. The van der Waals surface area contributed by atoms with Crippen molar-refractivity contribution < 1.29 is 0 Å². The molecule has 0 aliphatic heterocycles. The molecule has 0 radical (unpaired) electrons. The summed E-state index contributed by atoms with van der Waals surface area (Å²) in [4.78, 5) is 7.36. The number of likely N-dealkylation sites (N-methyl/N-ethyl adjacent to an activating group) is 1. The van der Waals surface area contributed by atoms with E-state index in [-0.39, 0.29) is 0 Å². The summed E-state index contributed by atoms with van der Waals surface area (Å²) in [6.45, 7) is 1.84. The van der Waals surface area contributed by atoms with Crippen molar-refractivity contribution in [2.45, 2.75) is 13.0 Å². The Hall–Kier alpha value is -1.10. The van der Waals surface area contributed by atoms with Gasteiger partial charge in [0.1, 0.15) is 0 Å². The molecular formula is C14H18ClN3S. The Kier molecular flexibility index (Phi) is 5.19. The highest BCUT2D eigenvalue weighted by atomic mass is 35.5. The van der Waals surface area contributed by atoms with E-state index in [0.717, 1.165) is 30.1 Å². The van der Waals surface area contributed by atoms with Crippen LogP contribution < -0.4 is 5.32 Å². The third-order valence-electron chi connectivity index (χ3n) is 2.79. The van der Waals surface area contributed by atoms with Gasteiger partial charge in [-0.3, -0.25) is 0 Å². The summed E-state index contributed by atoms with van der Waals surface area (Å²) < 4.78 is 0.593. The van der Waals surface area contributed by atoms with Crippen LogP contribution in [0.2, 0.25) is 4.47 Å². The zero-order valence-corrected chi connectivity index (χ0v) is 12.8. The van der Waals surface area contributed by atoms with Crippen molar-refractivity contribution >= 4 is 28.6 Å². The summed E-state index contributed by atoms with van der Waals surface area (Å²) in [6.07, 6.45) is 2.89. The summed E-state index contributed by atoms with van der Waals surface area (Å²) in [7, 11) is 4.19. The number of halogens is 1. The Morgan fingerprint density at radius 3 is 2.58 bits per heavy atom. The molecule has 1 N–H and O–H groups in total. The number of hydrogen-bond acceptors (Lipinski definition) is 4. The standard InChI is InChI=1S/C14H18ClN3S/c1-18(2)8-7-11-3-5-12(6-4-11)16-9-13-10-17-14(15)19-13/h3-6,10,16H,7-9H2,1-2H3. The van der Waals surface area contributed by atoms with Crippen LogP contribution >= 0.6 is 22.9 Å². The molecule has 0 unspecified atom stereocenters. The second kappa shape index (κ2) is 6.89. The van der Waals surface area contributed by atoms with Crippen molar-refractivity contribution in [1.82, 2.24) is 9.88 Å². The van der Waals surface area contributed by atoms with Crippen LogP contribution in [0.25, 0.3) is 0 Å². The Labute approximate surface area is 123 Å². The molecule has 1 heterocycles. The molecule has 0 spiro atoms. The van der Waals surface area contributed by atoms with Gasteiger partial charge in [-0.15, -0.1) is 11.3 Å². The first-order chi connectivity index (χ1) is 9.13. The Balaban J connectivity index is 1.84. The van der Waals surface area contributed by atoms with Crippen LogP contribution in [-0.2, 0) is 13.0 Å². The van der Waals surface area contributed by atoms with Crippen molar-refractivity contribution in [2.24, 2.45) is 0 Å². The summed E-state index contributed by atoms with van der Waals surface area (Å²) in [5.41, 5.74) is 2.48. The summed E-state index contributed by atoms with van der Waals surface area (Å²) in [6, 6.07) is 8.58. The van der Waals surface area contributed by atoms with Gasteiger partial charge in [0.2, 0.25) is 0 Å². The predicted octanol–water partition coefficient (Wildman–Crippen LogP) is 3.51. The molecule has 2 rings (SSSR count). The van der Waals surface area contributed by atoms with E-state index in [1.54, 1.807) is 0 Å². The van der Waals surface area contributed by atoms with Gasteiger partial charge in [0.15, 0.2) is 4.47 Å². The Bertz CT molecular complexity index is 508. The largest absolute Gasteiger partial charge is 0.380 e. The number of rotatable bonds is 6. The van der Waals surface area contributed by atoms with Gasteiger partial charge in [-0.1, -0.05) is 23.7 Å². The summed E-state index contributed by atoms with van der Waals surface area (Å²) >= 11 is 7.31. The zero-order valence-electron chi connectivity index (χ0n) is 11.2. The van der Waals surface area contributed by atoms with Crippen LogP contribution in [0.3, 0.4) is 0 Å². The van der Waals surface area contributed by atoms with Crippen LogP contribution in [0.4, 0.5) is 5.69 Å². The maximum Gasteiger partial charge on any atom is 0.183 e. The Morgan fingerprint density at radius 1 is 1.26 bits per heavy atom. The van der Waals surface area contributed by atoms with E-state index >= 15 is 0 Å². The van der Waals surface area contributed by atoms with Gasteiger partial charge in [0, 0.05) is 23.3 Å². The molecule has 0 aliphatic carbocycles. The van der Waals surface area contributed by atoms with Gasteiger partial charge < -0.3 is 10.2 Å². The number of hydrogen-bond donors (Lipinski definition) is 1. The normalized spacial score (nSPS) is 10.9. The maximum atomic E-state index is 5.80. The van der Waals surface area contributed by atoms with Gasteiger partial charge in [0.25, 0.3) is 0 Å². The summed E-state index contributed by atoms with van der Waals surface area (Å²) in [5, 5.41) is 3.37. The molecule has 19 heavy (non-hydrogen) atoms. The fourth-order valence-electron chi connectivity index (χ4n) is 1.70. The minimum Gasteiger partial charge on any atom is -0.380 e. The molecule has 1 aromatic heterocycles. The van der Waals surface area contributed by atoms with Crippen LogP contribution in [0.5, 0.6) is 0 Å². The lowest BCUT2D eigenvalue weighted by molar-refractivity contribution is 0.413. The zero-order chi connectivity index (χ0) is 13.7. The number of nitrogens with zero attached hydrogens (tertiary/aromatic N) is 2. The highest BCUT2D eigenvalue weighted by molar-refractivity contribution is 7.15. The van der Waals surface area contributed by atoms with Crippen LogP contribution in [0, 0.1) is 0 Å². The molecule has 0 aliphatic rings. The van der Waals surface area contributed by atoms with Gasteiger partial charge >= 0.3 is 0 Å². The molecular weight excluding hydrogens is 278 g/mol. The van der Waals surface area contributed by atoms with Crippen LogP contribution in [-0.4, -0.2) is 30.5 Å². The van der Waals surface area contributed by atoms with E-state index in [9.17, 15) is 0 Å². The second-order valence-electron chi connectivity index (χ2n) is 4.68. The first-order valence-corrected chi connectivity index (χ1v) is 7.40. The van der Waals surface area contributed by atoms with Crippen LogP contribution in [0.1, 0.15) is 10.4 Å². The predicted molar refractivity (Wildman–Crippen MR) is 83.2 cm³/mol. The third kappa shape index (κ3) is 4.82. The van der Waals surface area contributed by atoms with E-state index in [1.165, 1.54) is 16.9 Å². The van der Waals surface area contributed by atoms with Gasteiger partial charge in [-0.25, -0.2) is 4.98 Å². The molecule has 0 saturated carbocycles. The smallest absolute Gasteiger partial charge is 0.183 e. The molecule has 0 bridgehead atoms. The van der Waals surface area contributed by atoms with E-state index in [2.05, 4.69) is 53.6 Å². The van der Waals surface area contributed by atoms with Crippen LogP contribution in [0.15, 0.2) is 30.5 Å². The first kappa shape index (κ1) is 14.3. The highest BCUT2D eigenvalue weighted by Gasteiger charge is 2.00. The number of thiazole rings is 1. The SMILES string of the molecule is CN(C)CCc1ccc(NCc2cnc(Cl)s2)cc1. The minimum atomic E-state index is 0.593. The van der Waals surface area contributed by atoms with E-state index < -0.39 is 0 Å². The summed E-state index contributed by atoms with van der Waals surface area (Å²) in [5.74, 6) is 0. The molecule has 0 saturated heterocycles. The lowest BCUT2D eigenvalue weighted by atomic mass is 10.1. The fourth-order valence-corrected chi connectivity index (χ4v) is 2.61. The average Bonchev–Trinajstić information content (AvgIpc) is 2.81. The fraction of sp³-hybridized carbons (Fsp3) is 0.357. The van der Waals surface area contributed by atoms with Crippen molar-refractivity contribution in [1.29, 1.82) is 0 Å². The number of nitrogens with one attached hydrogen (secondary N) is 1. The first-order valence-electron chi connectivity index (χ1n) is 6.21. The number of anilines is 1. The van der Waals surface area contributed by atoms with E-state index in [0.29, 0.717) is 4.47 Å². The lowest BCUT2D eigenvalue weighted by Crippen LogP contribution is -2.14. The average molecular weight is 296 g/mol. The van der Waals surface area contributed by atoms with Gasteiger partial charge in [-0.05, 0) is 38.2 Å².